The Morgan fingerprint density at radius 3 is 2.82 bits per heavy atom. The number of hydrogen-bond acceptors (Lipinski definition) is 2. The van der Waals surface area contributed by atoms with Gasteiger partial charge in [-0.25, -0.2) is 4.39 Å². The van der Waals surface area contributed by atoms with Gasteiger partial charge in [0.15, 0.2) is 0 Å². The standard InChI is InChI=1S/C19H19FN2/c1-11-2-6-15(20)9-17(11)13-5-7-16-14(8-13)10-22-19(18(16)21)12-3-4-12/h5,7-10,12H,2-4,6,21H2,1H3. The molecule has 2 aliphatic rings. The molecule has 2 N–H and O–H groups in total. The predicted molar refractivity (Wildman–Crippen MR) is 89.1 cm³/mol. The van der Waals surface area contributed by atoms with E-state index in [1.54, 1.807) is 6.08 Å². The third kappa shape index (κ3) is 2.21. The maximum Gasteiger partial charge on any atom is 0.101 e. The van der Waals surface area contributed by atoms with Crippen LogP contribution in [0.15, 0.2) is 41.9 Å². The highest BCUT2D eigenvalue weighted by Gasteiger charge is 2.27. The molecule has 1 heterocycles. The zero-order chi connectivity index (χ0) is 15.3. The second-order valence-corrected chi connectivity index (χ2v) is 6.42. The normalized spacial score (nSPS) is 18.7. The van der Waals surface area contributed by atoms with Gasteiger partial charge in [0, 0.05) is 29.3 Å². The highest BCUT2D eigenvalue weighted by Crippen LogP contribution is 2.43. The van der Waals surface area contributed by atoms with Crippen LogP contribution in [0.3, 0.4) is 0 Å². The lowest BCUT2D eigenvalue weighted by Crippen LogP contribution is -1.99. The first-order chi connectivity index (χ1) is 10.6. The van der Waals surface area contributed by atoms with Crippen LogP contribution < -0.4 is 5.73 Å². The van der Waals surface area contributed by atoms with Gasteiger partial charge in [-0.2, -0.15) is 0 Å². The molecule has 1 saturated carbocycles. The highest BCUT2D eigenvalue weighted by molar-refractivity contribution is 5.96. The van der Waals surface area contributed by atoms with E-state index in [9.17, 15) is 4.39 Å². The highest BCUT2D eigenvalue weighted by atomic mass is 19.1. The number of anilines is 1. The van der Waals surface area contributed by atoms with Crippen molar-refractivity contribution in [1.29, 1.82) is 0 Å². The van der Waals surface area contributed by atoms with E-state index < -0.39 is 0 Å². The van der Waals surface area contributed by atoms with E-state index in [1.807, 2.05) is 18.3 Å². The number of benzene rings is 1. The molecule has 3 heteroatoms. The smallest absolute Gasteiger partial charge is 0.101 e. The molecule has 1 fully saturated rings. The van der Waals surface area contributed by atoms with Crippen molar-refractivity contribution >= 4 is 22.0 Å². The number of aromatic nitrogens is 1. The van der Waals surface area contributed by atoms with E-state index in [1.165, 1.54) is 18.4 Å². The molecule has 2 aliphatic carbocycles. The molecule has 2 aromatic rings. The van der Waals surface area contributed by atoms with Crippen LogP contribution in [-0.2, 0) is 0 Å². The lowest BCUT2D eigenvalue weighted by molar-refractivity contribution is 0.584. The SMILES string of the molecule is CC1=C(c2ccc3c(N)c(C4CC4)ncc3c2)C=C(F)CC1. The number of hydrogen-bond donors (Lipinski definition) is 1. The van der Waals surface area contributed by atoms with Gasteiger partial charge in [-0.3, -0.25) is 4.98 Å². The van der Waals surface area contributed by atoms with Gasteiger partial charge in [0.2, 0.25) is 0 Å². The van der Waals surface area contributed by atoms with Crippen LogP contribution in [0, 0.1) is 0 Å². The number of pyridine rings is 1. The van der Waals surface area contributed by atoms with Crippen molar-refractivity contribution in [2.75, 3.05) is 5.73 Å². The second-order valence-electron chi connectivity index (χ2n) is 6.42. The number of allylic oxidation sites excluding steroid dienone is 4. The lowest BCUT2D eigenvalue weighted by atomic mass is 9.91. The van der Waals surface area contributed by atoms with Gasteiger partial charge in [-0.15, -0.1) is 0 Å². The monoisotopic (exact) mass is 294 g/mol. The van der Waals surface area contributed by atoms with Crippen molar-refractivity contribution < 1.29 is 4.39 Å². The second kappa shape index (κ2) is 4.94. The Morgan fingerprint density at radius 1 is 1.23 bits per heavy atom. The molecule has 0 bridgehead atoms. The molecule has 0 amide bonds. The van der Waals surface area contributed by atoms with E-state index in [-0.39, 0.29) is 5.83 Å². The Balaban J connectivity index is 1.83. The van der Waals surface area contributed by atoms with Crippen molar-refractivity contribution in [3.8, 4) is 0 Å². The van der Waals surface area contributed by atoms with E-state index in [0.717, 1.165) is 39.7 Å². The summed E-state index contributed by atoms with van der Waals surface area (Å²) in [5, 5.41) is 2.08. The summed E-state index contributed by atoms with van der Waals surface area (Å²) in [5.74, 6) is 0.506. The minimum atomic E-state index is -0.0394. The third-order valence-corrected chi connectivity index (χ3v) is 4.74. The molecule has 0 spiro atoms. The molecule has 22 heavy (non-hydrogen) atoms. The summed E-state index contributed by atoms with van der Waals surface area (Å²) in [6.07, 6.45) is 7.25. The molecule has 0 radical (unpaired) electrons. The van der Waals surface area contributed by atoms with Crippen LogP contribution in [0.4, 0.5) is 10.1 Å². The van der Waals surface area contributed by atoms with Gasteiger partial charge in [0.05, 0.1) is 11.4 Å². The Morgan fingerprint density at radius 2 is 2.05 bits per heavy atom. The van der Waals surface area contributed by atoms with Crippen molar-refractivity contribution in [2.24, 2.45) is 0 Å². The summed E-state index contributed by atoms with van der Waals surface area (Å²) in [7, 11) is 0. The van der Waals surface area contributed by atoms with Crippen molar-refractivity contribution in [2.45, 2.75) is 38.5 Å². The van der Waals surface area contributed by atoms with E-state index >= 15 is 0 Å². The molecule has 0 atom stereocenters. The molecule has 4 rings (SSSR count). The molecule has 1 aromatic heterocycles. The summed E-state index contributed by atoms with van der Waals surface area (Å²) >= 11 is 0. The van der Waals surface area contributed by atoms with Crippen molar-refractivity contribution in [1.82, 2.24) is 4.98 Å². The van der Waals surface area contributed by atoms with Gasteiger partial charge in [-0.05, 0) is 49.5 Å². The number of rotatable bonds is 2. The van der Waals surface area contributed by atoms with E-state index in [4.69, 9.17) is 5.73 Å². The summed E-state index contributed by atoms with van der Waals surface area (Å²) < 4.78 is 13.6. The number of nitrogen functional groups attached to an aromatic ring is 1. The van der Waals surface area contributed by atoms with Gasteiger partial charge in [0.25, 0.3) is 0 Å². The first-order valence-electron chi connectivity index (χ1n) is 7.88. The first-order valence-corrected chi connectivity index (χ1v) is 7.88. The van der Waals surface area contributed by atoms with Gasteiger partial charge in [-0.1, -0.05) is 17.7 Å². The van der Waals surface area contributed by atoms with Crippen LogP contribution in [0.1, 0.15) is 49.8 Å². The number of nitrogens with two attached hydrogens (primary N) is 1. The Labute approximate surface area is 129 Å². The van der Waals surface area contributed by atoms with Crippen LogP contribution in [0.5, 0.6) is 0 Å². The molecule has 112 valence electrons. The molecule has 2 nitrogen and oxygen atoms in total. The van der Waals surface area contributed by atoms with E-state index in [0.29, 0.717) is 12.3 Å². The molecule has 0 aliphatic heterocycles. The molecule has 0 saturated heterocycles. The minimum Gasteiger partial charge on any atom is -0.397 e. The van der Waals surface area contributed by atoms with Gasteiger partial charge < -0.3 is 5.73 Å². The molecule has 0 unspecified atom stereocenters. The molecular formula is C19H19FN2. The lowest BCUT2D eigenvalue weighted by Gasteiger charge is -2.15. The zero-order valence-electron chi connectivity index (χ0n) is 12.7. The van der Waals surface area contributed by atoms with Crippen molar-refractivity contribution in [3.05, 3.63) is 53.1 Å². The largest absolute Gasteiger partial charge is 0.397 e. The topological polar surface area (TPSA) is 38.9 Å². The maximum absolute atomic E-state index is 13.6. The number of fused-ring (bicyclic) bond motifs is 1. The van der Waals surface area contributed by atoms with Crippen molar-refractivity contribution in [3.63, 3.8) is 0 Å². The van der Waals surface area contributed by atoms with Crippen LogP contribution in [-0.4, -0.2) is 4.98 Å². The third-order valence-electron chi connectivity index (χ3n) is 4.74. The summed E-state index contributed by atoms with van der Waals surface area (Å²) in [5.41, 5.74) is 11.4. The summed E-state index contributed by atoms with van der Waals surface area (Å²) in [6.45, 7) is 2.07. The molecular weight excluding hydrogens is 275 g/mol. The van der Waals surface area contributed by atoms with Gasteiger partial charge >= 0.3 is 0 Å². The van der Waals surface area contributed by atoms with E-state index in [2.05, 4.69) is 18.0 Å². The summed E-state index contributed by atoms with van der Waals surface area (Å²) in [4.78, 5) is 4.56. The average Bonchev–Trinajstić information content (AvgIpc) is 3.34. The Bertz CT molecular complexity index is 829. The Kier molecular flexibility index (Phi) is 3.03. The maximum atomic E-state index is 13.6. The first kappa shape index (κ1) is 13.5. The Hall–Kier alpha value is -2.16. The molecule has 1 aromatic carbocycles. The van der Waals surface area contributed by atoms with Crippen LogP contribution in [0.2, 0.25) is 0 Å². The van der Waals surface area contributed by atoms with Crippen LogP contribution >= 0.6 is 0 Å². The summed E-state index contributed by atoms with van der Waals surface area (Å²) in [6, 6.07) is 6.17. The van der Waals surface area contributed by atoms with Crippen LogP contribution in [0.25, 0.3) is 16.3 Å². The fraction of sp³-hybridized carbons (Fsp3) is 0.316. The quantitative estimate of drug-likeness (QED) is 0.835. The predicted octanol–water partition coefficient (Wildman–Crippen LogP) is 5.12. The number of nitrogens with zero attached hydrogens (tertiary/aromatic N) is 1. The number of halogens is 1. The zero-order valence-corrected chi connectivity index (χ0v) is 12.7. The van der Waals surface area contributed by atoms with Gasteiger partial charge in [0.1, 0.15) is 5.83 Å². The fourth-order valence-electron chi connectivity index (χ4n) is 3.23. The fourth-order valence-corrected chi connectivity index (χ4v) is 3.23. The minimum absolute atomic E-state index is 0.0394. The average molecular weight is 294 g/mol.